The molecule has 0 heterocycles. The summed E-state index contributed by atoms with van der Waals surface area (Å²) < 4.78 is 32.3. The Kier molecular flexibility index (Phi) is 3.69. The summed E-state index contributed by atoms with van der Waals surface area (Å²) in [6.45, 7) is 4.41. The van der Waals surface area contributed by atoms with Gasteiger partial charge in [0.15, 0.2) is 0 Å². The van der Waals surface area contributed by atoms with E-state index >= 15 is 0 Å². The van der Waals surface area contributed by atoms with Crippen molar-refractivity contribution in [2.45, 2.75) is 39.0 Å². The van der Waals surface area contributed by atoms with E-state index in [1.807, 2.05) is 0 Å². The second-order valence-corrected chi connectivity index (χ2v) is 5.42. The van der Waals surface area contributed by atoms with E-state index < -0.39 is 11.6 Å². The molecule has 0 aliphatic heterocycles. The largest absolute Gasteiger partial charge is 0.381 e. The highest BCUT2D eigenvalue weighted by Gasteiger charge is 2.48. The second-order valence-electron chi connectivity index (χ2n) is 5.42. The van der Waals surface area contributed by atoms with Crippen LogP contribution < -0.4 is 5.32 Å². The standard InChI is InChI=1S/C14H19F2NO/c1-14(2)12(7-13(14)18-3)17-8-9-10(15)5-4-6-11(9)16/h4-6,12-13,17H,7-8H2,1-3H3. The van der Waals surface area contributed by atoms with Crippen molar-refractivity contribution >= 4 is 0 Å². The lowest BCUT2D eigenvalue weighted by Gasteiger charge is -2.51. The lowest BCUT2D eigenvalue weighted by Crippen LogP contribution is -2.60. The zero-order valence-corrected chi connectivity index (χ0v) is 11.0. The molecule has 1 N–H and O–H groups in total. The summed E-state index contributed by atoms with van der Waals surface area (Å²) in [5.41, 5.74) is 0.102. The van der Waals surface area contributed by atoms with Gasteiger partial charge in [0.1, 0.15) is 11.6 Å². The molecule has 1 aliphatic carbocycles. The van der Waals surface area contributed by atoms with E-state index in [9.17, 15) is 8.78 Å². The summed E-state index contributed by atoms with van der Waals surface area (Å²) in [5.74, 6) is -0.995. The minimum Gasteiger partial charge on any atom is -0.381 e. The number of benzene rings is 1. The zero-order chi connectivity index (χ0) is 13.3. The van der Waals surface area contributed by atoms with Crippen LogP contribution in [0.3, 0.4) is 0 Å². The van der Waals surface area contributed by atoms with Crippen LogP contribution in [-0.2, 0) is 11.3 Å². The summed E-state index contributed by atoms with van der Waals surface area (Å²) in [4.78, 5) is 0. The first-order chi connectivity index (χ1) is 8.46. The third-order valence-corrected chi connectivity index (χ3v) is 4.05. The topological polar surface area (TPSA) is 21.3 Å². The van der Waals surface area contributed by atoms with Crippen LogP contribution >= 0.6 is 0 Å². The minimum absolute atomic E-state index is 0.00349. The number of nitrogens with one attached hydrogen (secondary N) is 1. The molecule has 1 saturated carbocycles. The second kappa shape index (κ2) is 4.94. The van der Waals surface area contributed by atoms with Crippen molar-refractivity contribution in [2.24, 2.45) is 5.41 Å². The van der Waals surface area contributed by atoms with E-state index in [0.717, 1.165) is 6.42 Å². The first-order valence-corrected chi connectivity index (χ1v) is 6.16. The molecule has 4 heteroatoms. The lowest BCUT2D eigenvalue weighted by atomic mass is 9.64. The van der Waals surface area contributed by atoms with Crippen molar-refractivity contribution in [3.63, 3.8) is 0 Å². The van der Waals surface area contributed by atoms with Crippen molar-refractivity contribution in [1.82, 2.24) is 5.32 Å². The predicted molar refractivity (Wildman–Crippen MR) is 66.2 cm³/mol. The van der Waals surface area contributed by atoms with Gasteiger partial charge in [0.25, 0.3) is 0 Å². The van der Waals surface area contributed by atoms with Crippen LogP contribution in [0.1, 0.15) is 25.8 Å². The number of rotatable bonds is 4. The van der Waals surface area contributed by atoms with Gasteiger partial charge < -0.3 is 10.1 Å². The van der Waals surface area contributed by atoms with Gasteiger partial charge in [0.05, 0.1) is 6.10 Å². The normalized spacial score (nSPS) is 25.8. The van der Waals surface area contributed by atoms with E-state index in [4.69, 9.17) is 4.74 Å². The molecule has 0 amide bonds. The Labute approximate surface area is 106 Å². The molecule has 2 nitrogen and oxygen atoms in total. The zero-order valence-electron chi connectivity index (χ0n) is 11.0. The maximum atomic E-state index is 13.5. The molecule has 1 aromatic carbocycles. The molecule has 0 radical (unpaired) electrons. The lowest BCUT2D eigenvalue weighted by molar-refractivity contribution is -0.0980. The first-order valence-electron chi connectivity index (χ1n) is 6.16. The van der Waals surface area contributed by atoms with Crippen molar-refractivity contribution in [2.75, 3.05) is 7.11 Å². The van der Waals surface area contributed by atoms with Crippen LogP contribution in [0.15, 0.2) is 18.2 Å². The summed E-state index contributed by atoms with van der Waals surface area (Å²) in [6.07, 6.45) is 1.08. The Hall–Kier alpha value is -1.00. The van der Waals surface area contributed by atoms with Gasteiger partial charge in [0, 0.05) is 30.7 Å². The molecule has 2 unspecified atom stereocenters. The number of hydrogen-bond donors (Lipinski definition) is 1. The molecule has 18 heavy (non-hydrogen) atoms. The summed E-state index contributed by atoms with van der Waals surface area (Å²) in [5, 5.41) is 3.21. The highest BCUT2D eigenvalue weighted by molar-refractivity contribution is 5.20. The fourth-order valence-corrected chi connectivity index (χ4v) is 2.56. The Morgan fingerprint density at radius 1 is 1.33 bits per heavy atom. The van der Waals surface area contributed by atoms with E-state index in [-0.39, 0.29) is 29.7 Å². The van der Waals surface area contributed by atoms with E-state index in [1.54, 1.807) is 7.11 Å². The minimum atomic E-state index is -0.497. The fraction of sp³-hybridized carbons (Fsp3) is 0.571. The molecule has 1 aromatic rings. The molecule has 0 saturated heterocycles. The first kappa shape index (κ1) is 13.4. The quantitative estimate of drug-likeness (QED) is 0.893. The van der Waals surface area contributed by atoms with Gasteiger partial charge >= 0.3 is 0 Å². The van der Waals surface area contributed by atoms with Crippen molar-refractivity contribution in [3.8, 4) is 0 Å². The molecule has 100 valence electrons. The summed E-state index contributed by atoms with van der Waals surface area (Å²) in [6, 6.07) is 4.16. The molecular formula is C14H19F2NO. The third kappa shape index (κ3) is 2.27. The van der Waals surface area contributed by atoms with E-state index in [0.29, 0.717) is 0 Å². The monoisotopic (exact) mass is 255 g/mol. The van der Waals surface area contributed by atoms with Gasteiger partial charge in [-0.25, -0.2) is 8.78 Å². The van der Waals surface area contributed by atoms with Gasteiger partial charge in [-0.2, -0.15) is 0 Å². The maximum Gasteiger partial charge on any atom is 0.130 e. The fourth-order valence-electron chi connectivity index (χ4n) is 2.56. The number of hydrogen-bond acceptors (Lipinski definition) is 2. The van der Waals surface area contributed by atoms with Gasteiger partial charge in [-0.3, -0.25) is 0 Å². The molecule has 0 aromatic heterocycles. The average Bonchev–Trinajstić information content (AvgIpc) is 2.31. The van der Waals surface area contributed by atoms with Gasteiger partial charge in [-0.1, -0.05) is 19.9 Å². The maximum absolute atomic E-state index is 13.5. The molecule has 0 spiro atoms. The number of methoxy groups -OCH3 is 1. The molecule has 0 bridgehead atoms. The Morgan fingerprint density at radius 2 is 1.94 bits per heavy atom. The highest BCUT2D eigenvalue weighted by Crippen LogP contribution is 2.42. The predicted octanol–water partition coefficient (Wildman–Crippen LogP) is 2.87. The SMILES string of the molecule is COC1CC(NCc2c(F)cccc2F)C1(C)C. The van der Waals surface area contributed by atoms with Crippen molar-refractivity contribution in [1.29, 1.82) is 0 Å². The average molecular weight is 255 g/mol. The third-order valence-electron chi connectivity index (χ3n) is 4.05. The molecule has 1 fully saturated rings. The van der Waals surface area contributed by atoms with E-state index in [2.05, 4.69) is 19.2 Å². The Balaban J connectivity index is 1.98. The van der Waals surface area contributed by atoms with Crippen LogP contribution in [0.2, 0.25) is 0 Å². The van der Waals surface area contributed by atoms with Gasteiger partial charge in [0.2, 0.25) is 0 Å². The van der Waals surface area contributed by atoms with Crippen molar-refractivity contribution in [3.05, 3.63) is 35.4 Å². The molecule has 2 atom stereocenters. The Bertz CT molecular complexity index is 414. The molecule has 1 aliphatic rings. The van der Waals surface area contributed by atoms with Crippen LogP contribution in [0, 0.1) is 17.0 Å². The highest BCUT2D eigenvalue weighted by atomic mass is 19.1. The van der Waals surface area contributed by atoms with Gasteiger partial charge in [-0.15, -0.1) is 0 Å². The summed E-state index contributed by atoms with van der Waals surface area (Å²) in [7, 11) is 1.69. The van der Waals surface area contributed by atoms with Crippen LogP contribution in [0.5, 0.6) is 0 Å². The van der Waals surface area contributed by atoms with Crippen molar-refractivity contribution < 1.29 is 13.5 Å². The molecular weight excluding hydrogens is 236 g/mol. The number of ether oxygens (including phenoxy) is 1. The van der Waals surface area contributed by atoms with Gasteiger partial charge in [-0.05, 0) is 18.6 Å². The van der Waals surface area contributed by atoms with Crippen LogP contribution in [0.4, 0.5) is 8.78 Å². The Morgan fingerprint density at radius 3 is 2.44 bits per heavy atom. The molecule has 2 rings (SSSR count). The van der Waals surface area contributed by atoms with Crippen LogP contribution in [0.25, 0.3) is 0 Å². The van der Waals surface area contributed by atoms with E-state index in [1.165, 1.54) is 18.2 Å². The number of halogens is 2. The summed E-state index contributed by atoms with van der Waals surface area (Å²) >= 11 is 0. The smallest absolute Gasteiger partial charge is 0.130 e. The van der Waals surface area contributed by atoms with Crippen LogP contribution in [-0.4, -0.2) is 19.3 Å².